The number of carbonyl (C=O) groups is 1. The van der Waals surface area contributed by atoms with Gasteiger partial charge in [0.2, 0.25) is 0 Å². The van der Waals surface area contributed by atoms with Gasteiger partial charge in [0.15, 0.2) is 0 Å². The molecule has 0 saturated carbocycles. The molecule has 0 radical (unpaired) electrons. The Morgan fingerprint density at radius 2 is 2.33 bits per heavy atom. The molecule has 1 atom stereocenters. The van der Waals surface area contributed by atoms with Crippen molar-refractivity contribution in [1.29, 1.82) is 0 Å². The third-order valence-corrected chi connectivity index (χ3v) is 2.49. The SMILES string of the molecule is CCOC(=O)C(F)n1cc([N+](=O)[O-])cc(Br)c1=O. The van der Waals surface area contributed by atoms with Gasteiger partial charge in [-0.2, -0.15) is 0 Å². The first-order chi connectivity index (χ1) is 8.38. The van der Waals surface area contributed by atoms with Crippen molar-refractivity contribution >= 4 is 27.6 Å². The standard InChI is InChI=1S/C9H8BrFN2O5/c1-2-18-9(15)7(11)12-4-5(13(16)17)3-6(10)8(12)14/h3-4,7H,2H2,1H3. The average molecular weight is 323 g/mol. The predicted octanol–water partition coefficient (Wildman–Crippen LogP) is 1.55. The number of ether oxygens (including phenoxy) is 1. The normalized spacial score (nSPS) is 11.9. The fourth-order valence-electron chi connectivity index (χ4n) is 1.15. The molecule has 1 heterocycles. The summed E-state index contributed by atoms with van der Waals surface area (Å²) in [6.45, 7) is 1.40. The van der Waals surface area contributed by atoms with Gasteiger partial charge in [0, 0.05) is 6.07 Å². The fraction of sp³-hybridized carbons (Fsp3) is 0.333. The van der Waals surface area contributed by atoms with Gasteiger partial charge in [0.05, 0.1) is 22.2 Å². The van der Waals surface area contributed by atoms with Gasteiger partial charge in [-0.15, -0.1) is 0 Å². The molecule has 0 fully saturated rings. The van der Waals surface area contributed by atoms with E-state index in [1.54, 1.807) is 0 Å². The molecule has 1 aromatic heterocycles. The number of esters is 1. The number of carbonyl (C=O) groups excluding carboxylic acids is 1. The largest absolute Gasteiger partial charge is 0.462 e. The second-order valence-electron chi connectivity index (χ2n) is 3.10. The van der Waals surface area contributed by atoms with Crippen molar-refractivity contribution < 1.29 is 18.8 Å². The van der Waals surface area contributed by atoms with Crippen molar-refractivity contribution in [2.24, 2.45) is 0 Å². The number of nitrogens with zero attached hydrogens (tertiary/aromatic N) is 2. The summed E-state index contributed by atoms with van der Waals surface area (Å²) in [4.78, 5) is 32.4. The minimum absolute atomic E-state index is 0.0654. The number of aromatic nitrogens is 1. The highest BCUT2D eigenvalue weighted by Gasteiger charge is 2.25. The zero-order valence-corrected chi connectivity index (χ0v) is 10.7. The molecule has 0 saturated heterocycles. The molecule has 9 heteroatoms. The van der Waals surface area contributed by atoms with E-state index in [1.807, 2.05) is 0 Å². The van der Waals surface area contributed by atoms with Crippen LogP contribution in [-0.2, 0) is 9.53 Å². The van der Waals surface area contributed by atoms with Gasteiger partial charge in [-0.3, -0.25) is 19.5 Å². The highest BCUT2D eigenvalue weighted by atomic mass is 79.9. The lowest BCUT2D eigenvalue weighted by atomic mass is 10.4. The zero-order chi connectivity index (χ0) is 13.9. The highest BCUT2D eigenvalue weighted by molar-refractivity contribution is 9.10. The van der Waals surface area contributed by atoms with E-state index in [1.165, 1.54) is 6.92 Å². The summed E-state index contributed by atoms with van der Waals surface area (Å²) in [5, 5.41) is 10.6. The number of rotatable bonds is 4. The van der Waals surface area contributed by atoms with Gasteiger partial charge in [-0.05, 0) is 22.9 Å². The number of alkyl halides is 1. The Hall–Kier alpha value is -1.77. The van der Waals surface area contributed by atoms with Crippen LogP contribution in [0.4, 0.5) is 10.1 Å². The smallest absolute Gasteiger partial charge is 0.362 e. The van der Waals surface area contributed by atoms with Gasteiger partial charge in [-0.25, -0.2) is 9.18 Å². The second kappa shape index (κ2) is 5.71. The first-order valence-corrected chi connectivity index (χ1v) is 5.54. The summed E-state index contributed by atoms with van der Waals surface area (Å²) >= 11 is 2.77. The van der Waals surface area contributed by atoms with E-state index >= 15 is 0 Å². The number of hydrogen-bond donors (Lipinski definition) is 0. The molecule has 1 aromatic rings. The Morgan fingerprint density at radius 1 is 1.72 bits per heavy atom. The summed E-state index contributed by atoms with van der Waals surface area (Å²) in [7, 11) is 0. The Balaban J connectivity index is 3.27. The van der Waals surface area contributed by atoms with Crippen molar-refractivity contribution in [3.05, 3.63) is 37.2 Å². The van der Waals surface area contributed by atoms with Crippen LogP contribution < -0.4 is 5.56 Å². The van der Waals surface area contributed by atoms with Crippen molar-refractivity contribution in [3.63, 3.8) is 0 Å². The fourth-order valence-corrected chi connectivity index (χ4v) is 1.59. The second-order valence-corrected chi connectivity index (χ2v) is 3.96. The van der Waals surface area contributed by atoms with Gasteiger partial charge in [0.25, 0.3) is 17.5 Å². The molecule has 0 aromatic carbocycles. The van der Waals surface area contributed by atoms with Crippen molar-refractivity contribution in [2.45, 2.75) is 13.2 Å². The summed E-state index contributed by atoms with van der Waals surface area (Å²) in [5.74, 6) is -1.29. The van der Waals surface area contributed by atoms with Crippen molar-refractivity contribution in [1.82, 2.24) is 4.57 Å². The molecule has 98 valence electrons. The van der Waals surface area contributed by atoms with E-state index in [2.05, 4.69) is 20.7 Å². The molecular weight excluding hydrogens is 315 g/mol. The number of pyridine rings is 1. The van der Waals surface area contributed by atoms with Gasteiger partial charge >= 0.3 is 5.97 Å². The van der Waals surface area contributed by atoms with E-state index in [4.69, 9.17) is 0 Å². The Bertz CT molecular complexity index is 544. The van der Waals surface area contributed by atoms with Crippen molar-refractivity contribution in [3.8, 4) is 0 Å². The first-order valence-electron chi connectivity index (χ1n) is 4.75. The predicted molar refractivity (Wildman–Crippen MR) is 61.8 cm³/mol. The quantitative estimate of drug-likeness (QED) is 0.476. The molecular formula is C9H8BrFN2O5. The van der Waals surface area contributed by atoms with Crippen LogP contribution in [0.25, 0.3) is 0 Å². The minimum Gasteiger partial charge on any atom is -0.462 e. The van der Waals surface area contributed by atoms with Crippen LogP contribution in [0.15, 0.2) is 21.5 Å². The lowest BCUT2D eigenvalue weighted by Gasteiger charge is -2.10. The van der Waals surface area contributed by atoms with Crippen LogP contribution >= 0.6 is 15.9 Å². The molecule has 18 heavy (non-hydrogen) atoms. The van der Waals surface area contributed by atoms with E-state index in [0.717, 1.165) is 6.07 Å². The average Bonchev–Trinajstić information content (AvgIpc) is 2.31. The van der Waals surface area contributed by atoms with E-state index in [0.29, 0.717) is 10.8 Å². The first kappa shape index (κ1) is 14.3. The zero-order valence-electron chi connectivity index (χ0n) is 9.13. The van der Waals surface area contributed by atoms with Crippen LogP contribution in [0.1, 0.15) is 13.2 Å². The molecule has 1 unspecified atom stereocenters. The van der Waals surface area contributed by atoms with Crippen LogP contribution in [0.3, 0.4) is 0 Å². The van der Waals surface area contributed by atoms with Gasteiger partial charge in [0.1, 0.15) is 0 Å². The van der Waals surface area contributed by atoms with Gasteiger partial charge < -0.3 is 4.74 Å². The summed E-state index contributed by atoms with van der Waals surface area (Å²) in [6.07, 6.45) is -1.78. The molecule has 7 nitrogen and oxygen atoms in total. The maximum Gasteiger partial charge on any atom is 0.362 e. The monoisotopic (exact) mass is 322 g/mol. The molecule has 0 N–H and O–H groups in total. The third-order valence-electron chi connectivity index (χ3n) is 1.92. The summed E-state index contributed by atoms with van der Waals surface area (Å²) in [5.41, 5.74) is -1.42. The molecule has 0 aliphatic heterocycles. The maximum absolute atomic E-state index is 13.6. The lowest BCUT2D eigenvalue weighted by molar-refractivity contribution is -0.385. The number of nitro groups is 1. The van der Waals surface area contributed by atoms with Crippen LogP contribution in [0, 0.1) is 10.1 Å². The molecule has 0 aliphatic rings. The third kappa shape index (κ3) is 2.92. The maximum atomic E-state index is 13.6. The van der Waals surface area contributed by atoms with Crippen LogP contribution in [0.2, 0.25) is 0 Å². The topological polar surface area (TPSA) is 91.4 Å². The molecule has 1 rings (SSSR count). The van der Waals surface area contributed by atoms with E-state index in [-0.39, 0.29) is 11.1 Å². The van der Waals surface area contributed by atoms with Crippen LogP contribution in [0.5, 0.6) is 0 Å². The number of halogens is 2. The Labute approximate surface area is 108 Å². The molecule has 0 aliphatic carbocycles. The number of hydrogen-bond acceptors (Lipinski definition) is 5. The van der Waals surface area contributed by atoms with Gasteiger partial charge in [-0.1, -0.05) is 0 Å². The van der Waals surface area contributed by atoms with Crippen LogP contribution in [-0.4, -0.2) is 22.1 Å². The molecule has 0 amide bonds. The van der Waals surface area contributed by atoms with E-state index < -0.39 is 28.4 Å². The summed E-state index contributed by atoms with van der Waals surface area (Å²) < 4.78 is 18.1. The molecule has 0 spiro atoms. The Kier molecular flexibility index (Phi) is 4.54. The van der Waals surface area contributed by atoms with E-state index in [9.17, 15) is 24.1 Å². The summed E-state index contributed by atoms with van der Waals surface area (Å²) in [6, 6.07) is 0.927. The molecule has 0 bridgehead atoms. The highest BCUT2D eigenvalue weighted by Crippen LogP contribution is 2.18. The Morgan fingerprint density at radius 3 is 2.83 bits per heavy atom. The lowest BCUT2D eigenvalue weighted by Crippen LogP contribution is -2.28. The minimum atomic E-state index is -2.42. The van der Waals surface area contributed by atoms with Crippen molar-refractivity contribution in [2.75, 3.05) is 6.61 Å².